The summed E-state index contributed by atoms with van der Waals surface area (Å²) in [6.45, 7) is 1.53. The highest BCUT2D eigenvalue weighted by Crippen LogP contribution is 1.97. The summed E-state index contributed by atoms with van der Waals surface area (Å²) in [7, 11) is 0. The largest absolute Gasteiger partial charge is 0.302 e. The van der Waals surface area contributed by atoms with Gasteiger partial charge < -0.3 is 0 Å². The predicted octanol–water partition coefficient (Wildman–Crippen LogP) is 0.966. The van der Waals surface area contributed by atoms with Crippen LogP contribution in [0.2, 0.25) is 0 Å². The van der Waals surface area contributed by atoms with E-state index in [9.17, 15) is 9.59 Å². The number of carbonyl (C=O) groups excluding carboxylic acids is 2. The molecule has 3 heteroatoms. The summed E-state index contributed by atoms with van der Waals surface area (Å²) >= 11 is 0. The van der Waals surface area contributed by atoms with Gasteiger partial charge in [-0.1, -0.05) is 24.1 Å². The number of carbonyl (C=O) groups is 2. The van der Waals surface area contributed by atoms with Gasteiger partial charge in [-0.25, -0.2) is 0 Å². The molecule has 0 aliphatic carbocycles. The molecule has 1 aromatic rings. The third-order valence-corrected chi connectivity index (χ3v) is 1.50. The van der Waals surface area contributed by atoms with E-state index in [0.717, 1.165) is 0 Å². The molecular formula is C11H9NO2. The third-order valence-electron chi connectivity index (χ3n) is 1.50. The Morgan fingerprint density at radius 3 is 2.43 bits per heavy atom. The Morgan fingerprint density at radius 2 is 1.86 bits per heavy atom. The predicted molar refractivity (Wildman–Crippen MR) is 52.4 cm³/mol. The number of hydrogen-bond acceptors (Lipinski definition) is 2. The lowest BCUT2D eigenvalue weighted by Gasteiger charge is -1.98. The molecule has 0 spiro atoms. The van der Waals surface area contributed by atoms with Gasteiger partial charge in [-0.05, 0) is 25.0 Å². The fourth-order valence-corrected chi connectivity index (χ4v) is 0.910. The van der Waals surface area contributed by atoms with Gasteiger partial charge in [0.05, 0.1) is 0 Å². The lowest BCUT2D eigenvalue weighted by molar-refractivity contribution is -0.114. The second-order valence-electron chi connectivity index (χ2n) is 2.52. The van der Waals surface area contributed by atoms with Crippen LogP contribution >= 0.6 is 0 Å². The molecule has 0 aliphatic heterocycles. The van der Waals surface area contributed by atoms with Crippen molar-refractivity contribution in [3.05, 3.63) is 35.9 Å². The molecular weight excluding hydrogens is 178 g/mol. The molecule has 0 saturated carbocycles. The van der Waals surface area contributed by atoms with Crippen LogP contribution in [-0.2, 0) is 4.79 Å². The molecule has 0 aliphatic rings. The maximum atomic E-state index is 11.3. The van der Waals surface area contributed by atoms with Crippen molar-refractivity contribution in [3.8, 4) is 11.8 Å². The Balaban J connectivity index is 2.67. The summed E-state index contributed by atoms with van der Waals surface area (Å²) in [5.41, 5.74) is 0.443. The molecule has 3 nitrogen and oxygen atoms in total. The number of amides is 2. The summed E-state index contributed by atoms with van der Waals surface area (Å²) in [4.78, 5) is 22.3. The molecule has 70 valence electrons. The van der Waals surface area contributed by atoms with E-state index in [1.54, 1.807) is 30.3 Å². The van der Waals surface area contributed by atoms with E-state index in [1.807, 2.05) is 0 Å². The third kappa shape index (κ3) is 2.76. The van der Waals surface area contributed by atoms with Gasteiger partial charge in [0.2, 0.25) is 0 Å². The number of rotatable bonds is 1. The topological polar surface area (TPSA) is 46.2 Å². The first kappa shape index (κ1) is 10.0. The van der Waals surface area contributed by atoms with Gasteiger partial charge >= 0.3 is 5.91 Å². The van der Waals surface area contributed by atoms with Crippen molar-refractivity contribution < 1.29 is 9.59 Å². The van der Waals surface area contributed by atoms with Crippen LogP contribution in [0.1, 0.15) is 17.3 Å². The zero-order chi connectivity index (χ0) is 10.4. The fourth-order valence-electron chi connectivity index (χ4n) is 0.910. The van der Waals surface area contributed by atoms with E-state index in [-0.39, 0.29) is 0 Å². The summed E-state index contributed by atoms with van der Waals surface area (Å²) in [6, 6.07) is 8.50. The maximum Gasteiger partial charge on any atom is 0.302 e. The van der Waals surface area contributed by atoms with Crippen molar-refractivity contribution in [3.63, 3.8) is 0 Å². The van der Waals surface area contributed by atoms with Crippen molar-refractivity contribution in [1.29, 1.82) is 0 Å². The zero-order valence-electron chi connectivity index (χ0n) is 7.70. The van der Waals surface area contributed by atoms with Crippen LogP contribution in [0, 0.1) is 11.8 Å². The first-order valence-corrected chi connectivity index (χ1v) is 4.07. The minimum absolute atomic E-state index is 0.432. The van der Waals surface area contributed by atoms with E-state index >= 15 is 0 Å². The van der Waals surface area contributed by atoms with Gasteiger partial charge in [-0.2, -0.15) is 0 Å². The van der Waals surface area contributed by atoms with Crippen molar-refractivity contribution in [2.24, 2.45) is 0 Å². The van der Waals surface area contributed by atoms with Crippen molar-refractivity contribution in [1.82, 2.24) is 5.32 Å². The van der Waals surface area contributed by atoms with E-state index in [0.29, 0.717) is 5.56 Å². The van der Waals surface area contributed by atoms with Crippen LogP contribution in [0.15, 0.2) is 30.3 Å². The van der Waals surface area contributed by atoms with Crippen molar-refractivity contribution in [2.75, 3.05) is 0 Å². The number of nitrogens with one attached hydrogen (secondary N) is 1. The highest BCUT2D eigenvalue weighted by molar-refractivity contribution is 6.10. The number of benzene rings is 1. The van der Waals surface area contributed by atoms with Crippen LogP contribution in [0.25, 0.3) is 0 Å². The minimum Gasteiger partial charge on any atom is -0.281 e. The second-order valence-corrected chi connectivity index (χ2v) is 2.52. The molecule has 0 radical (unpaired) electrons. The molecule has 1 aromatic carbocycles. The highest BCUT2D eigenvalue weighted by Gasteiger charge is 2.06. The molecule has 0 aromatic heterocycles. The van der Waals surface area contributed by atoms with Crippen LogP contribution in [0.5, 0.6) is 0 Å². The summed E-state index contributed by atoms with van der Waals surface area (Å²) in [5, 5.41) is 2.15. The summed E-state index contributed by atoms with van der Waals surface area (Å²) in [5.74, 6) is 3.62. The first-order chi connectivity index (χ1) is 6.74. The van der Waals surface area contributed by atoms with Crippen LogP contribution < -0.4 is 5.32 Å². The maximum absolute atomic E-state index is 11.3. The van der Waals surface area contributed by atoms with Crippen LogP contribution in [0.3, 0.4) is 0 Å². The Kier molecular flexibility index (Phi) is 3.45. The fraction of sp³-hybridized carbons (Fsp3) is 0.0909. The normalized spacial score (nSPS) is 8.36. The van der Waals surface area contributed by atoms with Gasteiger partial charge in [0.25, 0.3) is 5.91 Å². The molecule has 0 heterocycles. The summed E-state index contributed by atoms with van der Waals surface area (Å²) in [6.07, 6.45) is 0. The number of hydrogen-bond donors (Lipinski definition) is 1. The van der Waals surface area contributed by atoms with Gasteiger partial charge in [0, 0.05) is 5.56 Å². The van der Waals surface area contributed by atoms with Gasteiger partial charge in [-0.15, -0.1) is 0 Å². The monoisotopic (exact) mass is 187 g/mol. The lowest BCUT2D eigenvalue weighted by Crippen LogP contribution is -2.28. The zero-order valence-corrected chi connectivity index (χ0v) is 7.70. The molecule has 1 rings (SSSR count). The molecule has 0 bridgehead atoms. The van der Waals surface area contributed by atoms with E-state index in [2.05, 4.69) is 17.2 Å². The smallest absolute Gasteiger partial charge is 0.281 e. The van der Waals surface area contributed by atoms with E-state index in [4.69, 9.17) is 0 Å². The van der Waals surface area contributed by atoms with Crippen molar-refractivity contribution in [2.45, 2.75) is 6.92 Å². The Bertz CT molecular complexity index is 398. The average molecular weight is 187 g/mol. The molecule has 0 unspecified atom stereocenters. The summed E-state index contributed by atoms with van der Waals surface area (Å²) < 4.78 is 0. The SMILES string of the molecule is CC#CC(=O)NC(=O)c1ccccc1. The molecule has 1 N–H and O–H groups in total. The standard InChI is InChI=1S/C11H9NO2/c1-2-6-10(13)12-11(14)9-7-4-3-5-8-9/h3-5,7-8H,1H3,(H,12,13,14). The Labute approximate surface area is 82.1 Å². The lowest BCUT2D eigenvalue weighted by atomic mass is 10.2. The van der Waals surface area contributed by atoms with Crippen LogP contribution in [-0.4, -0.2) is 11.8 Å². The van der Waals surface area contributed by atoms with Crippen LogP contribution in [0.4, 0.5) is 0 Å². The highest BCUT2D eigenvalue weighted by atomic mass is 16.2. The molecule has 0 atom stereocenters. The Hall–Kier alpha value is -2.08. The average Bonchev–Trinajstić information content (AvgIpc) is 2.19. The number of imide groups is 1. The minimum atomic E-state index is -0.582. The first-order valence-electron chi connectivity index (χ1n) is 4.07. The molecule has 14 heavy (non-hydrogen) atoms. The van der Waals surface area contributed by atoms with E-state index < -0.39 is 11.8 Å². The van der Waals surface area contributed by atoms with Gasteiger partial charge in [0.1, 0.15) is 0 Å². The second kappa shape index (κ2) is 4.83. The van der Waals surface area contributed by atoms with E-state index in [1.165, 1.54) is 6.92 Å². The molecule has 0 saturated heterocycles. The van der Waals surface area contributed by atoms with Crippen molar-refractivity contribution >= 4 is 11.8 Å². The molecule has 0 fully saturated rings. The van der Waals surface area contributed by atoms with Gasteiger partial charge in [-0.3, -0.25) is 14.9 Å². The molecule has 2 amide bonds. The quantitative estimate of drug-likeness (QED) is 0.666. The van der Waals surface area contributed by atoms with Gasteiger partial charge in [0.15, 0.2) is 0 Å². The Morgan fingerprint density at radius 1 is 1.21 bits per heavy atom.